The van der Waals surface area contributed by atoms with E-state index in [1.54, 1.807) is 0 Å². The lowest BCUT2D eigenvalue weighted by Gasteiger charge is -2.39. The first-order chi connectivity index (χ1) is 9.25. The van der Waals surface area contributed by atoms with E-state index in [2.05, 4.69) is 19.2 Å². The minimum absolute atomic E-state index is 0.0614. The molecule has 0 unspecified atom stereocenters. The fraction of sp³-hybridized carbons (Fsp3) is 0.875. The van der Waals surface area contributed by atoms with E-state index in [9.17, 15) is 0 Å². The molecule has 1 aliphatic carbocycles. The lowest BCUT2D eigenvalue weighted by atomic mass is 9.94. The second kappa shape index (κ2) is 5.94. The molecular formula is C16H28NO2+. The maximum Gasteiger partial charge on any atom is 0.161 e. The number of hydrogen-bond donors (Lipinski definition) is 0. The van der Waals surface area contributed by atoms with Gasteiger partial charge in [-0.3, -0.25) is 0 Å². The van der Waals surface area contributed by atoms with Crippen molar-refractivity contribution < 1.29 is 14.0 Å². The van der Waals surface area contributed by atoms with Gasteiger partial charge in [-0.1, -0.05) is 12.2 Å². The molecule has 0 aromatic rings. The highest BCUT2D eigenvalue weighted by Gasteiger charge is 2.37. The summed E-state index contributed by atoms with van der Waals surface area (Å²) in [7, 11) is 2.39. The molecule has 0 saturated carbocycles. The van der Waals surface area contributed by atoms with Gasteiger partial charge in [0, 0.05) is 5.92 Å². The molecule has 0 radical (unpaired) electrons. The van der Waals surface area contributed by atoms with Crippen molar-refractivity contribution in [1.82, 2.24) is 0 Å². The Labute approximate surface area is 117 Å². The summed E-state index contributed by atoms with van der Waals surface area (Å²) < 4.78 is 13.3. The lowest BCUT2D eigenvalue weighted by Crippen LogP contribution is -2.52. The number of quaternary nitrogens is 1. The van der Waals surface area contributed by atoms with Gasteiger partial charge < -0.3 is 14.0 Å². The number of allylic oxidation sites excluding steroid dienone is 2. The normalized spacial score (nSPS) is 38.5. The second-order valence-corrected chi connectivity index (χ2v) is 6.81. The van der Waals surface area contributed by atoms with E-state index in [1.807, 2.05) is 0 Å². The van der Waals surface area contributed by atoms with Crippen molar-refractivity contribution in [2.45, 2.75) is 50.9 Å². The van der Waals surface area contributed by atoms with Crippen LogP contribution in [0.5, 0.6) is 0 Å². The monoisotopic (exact) mass is 266 g/mol. The minimum atomic E-state index is 0.0614. The van der Waals surface area contributed by atoms with Gasteiger partial charge in [0.15, 0.2) is 6.29 Å². The molecular weight excluding hydrogens is 238 g/mol. The highest BCUT2D eigenvalue weighted by atomic mass is 16.7. The Bertz CT molecular complexity index is 323. The summed E-state index contributed by atoms with van der Waals surface area (Å²) in [5.74, 6) is 0.585. The number of piperidine rings is 1. The van der Waals surface area contributed by atoms with Crippen LogP contribution in [0.3, 0.4) is 0 Å². The second-order valence-electron chi connectivity index (χ2n) is 6.81. The van der Waals surface area contributed by atoms with Gasteiger partial charge in [-0.25, -0.2) is 0 Å². The van der Waals surface area contributed by atoms with Crippen LogP contribution >= 0.6 is 0 Å². The van der Waals surface area contributed by atoms with Gasteiger partial charge in [-0.15, -0.1) is 0 Å². The van der Waals surface area contributed by atoms with Gasteiger partial charge in [0.1, 0.15) is 12.6 Å². The summed E-state index contributed by atoms with van der Waals surface area (Å²) in [6.07, 6.45) is 12.6. The van der Waals surface area contributed by atoms with Crippen LogP contribution in [0.2, 0.25) is 0 Å². The number of likely N-dealkylation sites (N-methyl/N-ethyl adjacent to an activating group) is 1. The Balaban J connectivity index is 1.49. The first-order valence-corrected chi connectivity index (χ1v) is 8.01. The average molecular weight is 266 g/mol. The zero-order valence-electron chi connectivity index (χ0n) is 12.2. The molecule has 3 rings (SSSR count). The van der Waals surface area contributed by atoms with Crippen LogP contribution in [0.1, 0.15) is 38.5 Å². The Morgan fingerprint density at radius 1 is 1.16 bits per heavy atom. The quantitative estimate of drug-likeness (QED) is 0.577. The van der Waals surface area contributed by atoms with Crippen LogP contribution < -0.4 is 0 Å². The standard InChI is InChI=1S/C16H28NO2/c1-17(10-6-3-7-11-17)12-15-13-18-16(19-15)14-8-4-2-5-9-14/h2,4,14-16H,3,5-13H2,1H3/q+1/t14-,15-,16+/m0/s1. The van der Waals surface area contributed by atoms with Crippen LogP contribution in [0.4, 0.5) is 0 Å². The fourth-order valence-electron chi connectivity index (χ4n) is 3.83. The van der Waals surface area contributed by atoms with E-state index in [1.165, 1.54) is 49.7 Å². The summed E-state index contributed by atoms with van der Waals surface area (Å²) >= 11 is 0. The molecule has 0 spiro atoms. The number of likely N-dealkylation sites (tertiary alicyclic amines) is 1. The van der Waals surface area contributed by atoms with Gasteiger partial charge in [-0.2, -0.15) is 0 Å². The van der Waals surface area contributed by atoms with Crippen LogP contribution in [0, 0.1) is 5.92 Å². The maximum atomic E-state index is 6.20. The molecule has 108 valence electrons. The zero-order valence-corrected chi connectivity index (χ0v) is 12.2. The molecule has 0 bridgehead atoms. The first kappa shape index (κ1) is 13.6. The van der Waals surface area contributed by atoms with Gasteiger partial charge >= 0.3 is 0 Å². The molecule has 3 atom stereocenters. The van der Waals surface area contributed by atoms with Crippen LogP contribution in [-0.4, -0.2) is 50.2 Å². The third-order valence-electron chi connectivity index (χ3n) is 5.01. The van der Waals surface area contributed by atoms with E-state index in [0.717, 1.165) is 19.6 Å². The summed E-state index contributed by atoms with van der Waals surface area (Å²) in [6, 6.07) is 0. The molecule has 0 aromatic carbocycles. The lowest BCUT2D eigenvalue weighted by molar-refractivity contribution is -0.916. The van der Waals surface area contributed by atoms with Crippen molar-refractivity contribution in [3.05, 3.63) is 12.2 Å². The molecule has 2 fully saturated rings. The topological polar surface area (TPSA) is 18.5 Å². The van der Waals surface area contributed by atoms with E-state index in [0.29, 0.717) is 12.0 Å². The Morgan fingerprint density at radius 3 is 2.74 bits per heavy atom. The minimum Gasteiger partial charge on any atom is -0.349 e. The molecule has 3 nitrogen and oxygen atoms in total. The molecule has 0 amide bonds. The molecule has 3 aliphatic rings. The maximum absolute atomic E-state index is 6.20. The summed E-state index contributed by atoms with van der Waals surface area (Å²) in [4.78, 5) is 0. The average Bonchev–Trinajstić information content (AvgIpc) is 2.88. The Kier molecular flexibility index (Phi) is 4.25. The smallest absolute Gasteiger partial charge is 0.161 e. The van der Waals surface area contributed by atoms with Crippen LogP contribution in [-0.2, 0) is 9.47 Å². The largest absolute Gasteiger partial charge is 0.349 e. The van der Waals surface area contributed by atoms with Crippen molar-refractivity contribution in [3.8, 4) is 0 Å². The van der Waals surface area contributed by atoms with Crippen molar-refractivity contribution >= 4 is 0 Å². The zero-order chi connectivity index (χ0) is 13.1. The number of nitrogens with zero attached hydrogens (tertiary/aromatic N) is 1. The van der Waals surface area contributed by atoms with Crippen molar-refractivity contribution in [1.29, 1.82) is 0 Å². The Hall–Kier alpha value is -0.380. The molecule has 2 aliphatic heterocycles. The molecule has 3 heteroatoms. The highest BCUT2D eigenvalue weighted by Crippen LogP contribution is 2.30. The van der Waals surface area contributed by atoms with Gasteiger partial charge in [0.2, 0.25) is 0 Å². The first-order valence-electron chi connectivity index (χ1n) is 8.01. The summed E-state index contributed by atoms with van der Waals surface area (Å²) in [5.41, 5.74) is 0. The van der Waals surface area contributed by atoms with E-state index >= 15 is 0 Å². The van der Waals surface area contributed by atoms with E-state index in [4.69, 9.17) is 9.47 Å². The van der Waals surface area contributed by atoms with Crippen molar-refractivity contribution in [2.75, 3.05) is 33.3 Å². The number of hydrogen-bond acceptors (Lipinski definition) is 2. The third kappa shape index (κ3) is 3.39. The Morgan fingerprint density at radius 2 is 2.00 bits per heavy atom. The highest BCUT2D eigenvalue weighted by molar-refractivity contribution is 4.91. The van der Waals surface area contributed by atoms with Gasteiger partial charge in [-0.05, 0) is 38.5 Å². The summed E-state index contributed by atoms with van der Waals surface area (Å²) in [6.45, 7) is 4.57. The van der Waals surface area contributed by atoms with E-state index < -0.39 is 0 Å². The molecule has 2 heterocycles. The van der Waals surface area contributed by atoms with Gasteiger partial charge in [0.25, 0.3) is 0 Å². The number of ether oxygens (including phenoxy) is 2. The SMILES string of the molecule is C[N+]1(C[C@H]2CO[C@@H]([C@H]3CC=CCC3)O2)CCCCC1. The van der Waals surface area contributed by atoms with Gasteiger partial charge in [0.05, 0.1) is 26.7 Å². The fourth-order valence-corrected chi connectivity index (χ4v) is 3.83. The van der Waals surface area contributed by atoms with E-state index in [-0.39, 0.29) is 6.29 Å². The van der Waals surface area contributed by atoms with Crippen molar-refractivity contribution in [2.24, 2.45) is 5.92 Å². The predicted octanol–water partition coefficient (Wildman–Crippen LogP) is 2.71. The molecule has 0 aromatic heterocycles. The van der Waals surface area contributed by atoms with Crippen molar-refractivity contribution in [3.63, 3.8) is 0 Å². The predicted molar refractivity (Wildman–Crippen MR) is 75.7 cm³/mol. The third-order valence-corrected chi connectivity index (χ3v) is 5.01. The molecule has 19 heavy (non-hydrogen) atoms. The number of rotatable bonds is 3. The molecule has 0 N–H and O–H groups in total. The molecule has 2 saturated heterocycles. The van der Waals surface area contributed by atoms with Crippen LogP contribution in [0.25, 0.3) is 0 Å². The van der Waals surface area contributed by atoms with Crippen LogP contribution in [0.15, 0.2) is 12.2 Å². The summed E-state index contributed by atoms with van der Waals surface area (Å²) in [5, 5.41) is 0.